The van der Waals surface area contributed by atoms with Gasteiger partial charge in [-0.25, -0.2) is 0 Å². The highest BCUT2D eigenvalue weighted by Gasteiger charge is 2.53. The fraction of sp³-hybridized carbons (Fsp3) is 1.00. The summed E-state index contributed by atoms with van der Waals surface area (Å²) in [4.78, 5) is 10.4. The van der Waals surface area contributed by atoms with E-state index in [-0.39, 0.29) is 6.42 Å². The maximum Gasteiger partial charge on any atom is 0.187 e. The molecule has 0 aromatic rings. The van der Waals surface area contributed by atoms with E-state index >= 15 is 0 Å². The molecule has 0 bridgehead atoms. The second-order valence-electron chi connectivity index (χ2n) is 8.81. The zero-order chi connectivity index (χ0) is 28.7. The summed E-state index contributed by atoms with van der Waals surface area (Å²) >= 11 is 0. The van der Waals surface area contributed by atoms with Crippen molar-refractivity contribution in [1.29, 1.82) is 0 Å². The minimum absolute atomic E-state index is 0.194. The van der Waals surface area contributed by atoms with Crippen molar-refractivity contribution in [2.24, 2.45) is 20.5 Å². The molecule has 2 heterocycles. The van der Waals surface area contributed by atoms with E-state index in [1.54, 1.807) is 0 Å². The van der Waals surface area contributed by atoms with Gasteiger partial charge in [-0.2, -0.15) is 0 Å². The van der Waals surface area contributed by atoms with Gasteiger partial charge in [-0.05, 0) is 28.5 Å². The molecule has 0 aromatic heterocycles. The zero-order valence-electron chi connectivity index (χ0n) is 19.9. The highest BCUT2D eigenvalue weighted by molar-refractivity contribution is 5.02. The van der Waals surface area contributed by atoms with Gasteiger partial charge < -0.3 is 49.6 Å². The van der Waals surface area contributed by atoms with Crippen LogP contribution in [0.4, 0.5) is 0 Å². The third kappa shape index (κ3) is 6.53. The average Bonchev–Trinajstić information content (AvgIpc) is 3.22. The van der Waals surface area contributed by atoms with Gasteiger partial charge >= 0.3 is 0 Å². The lowest BCUT2D eigenvalue weighted by atomic mass is 9.84. The smallest absolute Gasteiger partial charge is 0.187 e. The molecule has 214 valence electrons. The summed E-state index contributed by atoms with van der Waals surface area (Å²) in [6, 6.07) is -3.88. The fourth-order valence-corrected chi connectivity index (χ4v) is 4.61. The molecular formula is C17H26N12O10. The molecule has 1 aliphatic carbocycles. The van der Waals surface area contributed by atoms with Crippen LogP contribution in [0.2, 0.25) is 0 Å². The monoisotopic (exact) mass is 558 g/mol. The summed E-state index contributed by atoms with van der Waals surface area (Å²) in [7, 11) is 0. The molecule has 0 aromatic carbocycles. The van der Waals surface area contributed by atoms with Crippen LogP contribution in [0.25, 0.3) is 41.8 Å². The van der Waals surface area contributed by atoms with E-state index in [9.17, 15) is 30.6 Å². The topological polar surface area (TPSA) is 353 Å². The van der Waals surface area contributed by atoms with Crippen LogP contribution in [-0.2, 0) is 18.9 Å². The van der Waals surface area contributed by atoms with Crippen LogP contribution in [0.3, 0.4) is 0 Å². The van der Waals surface area contributed by atoms with E-state index in [4.69, 9.17) is 41.1 Å². The van der Waals surface area contributed by atoms with Crippen LogP contribution in [0.5, 0.6) is 0 Å². The predicted octanol–water partition coefficient (Wildman–Crippen LogP) is -1.25. The van der Waals surface area contributed by atoms with Gasteiger partial charge in [0.1, 0.15) is 36.6 Å². The Hall–Kier alpha value is -3.16. The van der Waals surface area contributed by atoms with Gasteiger partial charge in [0.05, 0.1) is 49.7 Å². The van der Waals surface area contributed by atoms with Crippen LogP contribution >= 0.6 is 0 Å². The number of hydrogen-bond donors (Lipinski definition) is 6. The van der Waals surface area contributed by atoms with Gasteiger partial charge in [0.25, 0.3) is 0 Å². The Kier molecular flexibility index (Phi) is 10.7. The lowest BCUT2D eigenvalue weighted by Gasteiger charge is -2.42. The van der Waals surface area contributed by atoms with Crippen molar-refractivity contribution >= 4 is 0 Å². The molecule has 0 radical (unpaired) electrons. The Morgan fingerprint density at radius 3 is 1.77 bits per heavy atom. The summed E-state index contributed by atoms with van der Waals surface area (Å²) in [5.41, 5.74) is 35.0. The molecule has 22 nitrogen and oxygen atoms in total. The maximum absolute atomic E-state index is 10.9. The second-order valence-corrected chi connectivity index (χ2v) is 8.81. The summed E-state index contributed by atoms with van der Waals surface area (Å²) in [5, 5.41) is 76.1. The molecule has 14 atom stereocenters. The van der Waals surface area contributed by atoms with E-state index in [0.29, 0.717) is 0 Å². The number of ether oxygens (including phenoxy) is 4. The molecule has 2 aliphatic heterocycles. The lowest BCUT2D eigenvalue weighted by molar-refractivity contribution is -0.280. The van der Waals surface area contributed by atoms with E-state index in [1.807, 2.05) is 0 Å². The molecule has 3 aliphatic rings. The predicted molar refractivity (Wildman–Crippen MR) is 122 cm³/mol. The first kappa shape index (κ1) is 30.4. The van der Waals surface area contributed by atoms with Gasteiger partial charge in [0, 0.05) is 19.6 Å². The van der Waals surface area contributed by atoms with Crippen LogP contribution in [0.1, 0.15) is 6.42 Å². The molecule has 3 fully saturated rings. The van der Waals surface area contributed by atoms with E-state index in [1.165, 1.54) is 0 Å². The van der Waals surface area contributed by atoms with Crippen LogP contribution in [0.15, 0.2) is 20.5 Å². The first-order valence-corrected chi connectivity index (χ1v) is 11.5. The summed E-state index contributed by atoms with van der Waals surface area (Å²) in [5.74, 6) is 0. The SMILES string of the molecule is [N-]=[N+]=NC[C@@H]1O[C@H](O[C@H]2[C@@H](O)[C@H](O[C@H]3[C@H](O)C(N=[N+]=[N-])CC(N=[N+]=[N-])[C@@H]3O)O[C@@H]2CO)C(N=[N+]=[N-])[C@@H](O)[C@@H]1O. The Bertz CT molecular complexity index is 1020. The molecule has 3 rings (SSSR count). The van der Waals surface area contributed by atoms with Crippen molar-refractivity contribution in [3.05, 3.63) is 41.8 Å². The van der Waals surface area contributed by atoms with E-state index in [2.05, 4.69) is 40.1 Å². The Labute approximate surface area is 217 Å². The largest absolute Gasteiger partial charge is 0.394 e. The fourth-order valence-electron chi connectivity index (χ4n) is 4.61. The van der Waals surface area contributed by atoms with Crippen molar-refractivity contribution in [2.45, 2.75) is 92.1 Å². The molecule has 3 unspecified atom stereocenters. The van der Waals surface area contributed by atoms with Crippen molar-refractivity contribution < 1.29 is 49.6 Å². The van der Waals surface area contributed by atoms with Gasteiger partial charge in [0.15, 0.2) is 12.6 Å². The first-order valence-electron chi connectivity index (χ1n) is 11.5. The van der Waals surface area contributed by atoms with E-state index < -0.39 is 98.8 Å². The number of azide groups is 4. The van der Waals surface area contributed by atoms with Gasteiger partial charge in [-0.15, -0.1) is 0 Å². The van der Waals surface area contributed by atoms with Gasteiger partial charge in [-0.1, -0.05) is 20.5 Å². The molecule has 0 spiro atoms. The molecule has 39 heavy (non-hydrogen) atoms. The standard InChI is InChI=1S/C17H26N12O10/c18-26-22-2-6-11(33)12(34)8(25-29-21)16(36-6)38-14-7(3-30)37-17(13(14)35)39-15-9(31)4(23-27-19)1-5(10(15)32)24-28-20/h4-17,30-35H,1-3H2/t4?,5?,6-,7+,8?,9-,10+,11+,12+,13+,14+,15+,16+,17-/m0/s1. The van der Waals surface area contributed by atoms with Crippen LogP contribution in [-0.4, -0.2) is 129 Å². The second kappa shape index (κ2) is 13.8. The van der Waals surface area contributed by atoms with E-state index in [0.717, 1.165) is 0 Å². The third-order valence-electron chi connectivity index (χ3n) is 6.58. The van der Waals surface area contributed by atoms with Crippen molar-refractivity contribution in [3.63, 3.8) is 0 Å². The summed E-state index contributed by atoms with van der Waals surface area (Å²) in [6.45, 7) is -1.20. The highest BCUT2D eigenvalue weighted by Crippen LogP contribution is 2.34. The molecule has 22 heteroatoms. The summed E-state index contributed by atoms with van der Waals surface area (Å²) in [6.07, 6.45) is -17.5. The Morgan fingerprint density at radius 2 is 1.23 bits per heavy atom. The number of hydrogen-bond acceptors (Lipinski definition) is 14. The minimum Gasteiger partial charge on any atom is -0.394 e. The zero-order valence-corrected chi connectivity index (χ0v) is 19.9. The maximum atomic E-state index is 10.9. The molecular weight excluding hydrogens is 532 g/mol. The highest BCUT2D eigenvalue weighted by atomic mass is 16.8. The number of aliphatic hydroxyl groups is 6. The lowest BCUT2D eigenvalue weighted by Crippen LogP contribution is -2.60. The third-order valence-corrected chi connectivity index (χ3v) is 6.58. The molecule has 1 saturated carbocycles. The van der Waals surface area contributed by atoms with Gasteiger partial charge in [-0.3, -0.25) is 0 Å². The minimum atomic E-state index is -1.76. The Morgan fingerprint density at radius 1 is 0.667 bits per heavy atom. The quantitative estimate of drug-likeness (QED) is 0.105. The Balaban J connectivity index is 1.81. The number of rotatable bonds is 10. The summed E-state index contributed by atoms with van der Waals surface area (Å²) < 4.78 is 22.3. The molecule has 2 saturated heterocycles. The van der Waals surface area contributed by atoms with Crippen LogP contribution < -0.4 is 0 Å². The van der Waals surface area contributed by atoms with Gasteiger partial charge in [0.2, 0.25) is 0 Å². The number of aliphatic hydroxyl groups excluding tert-OH is 6. The first-order chi connectivity index (χ1) is 18.7. The normalized spacial score (nSPS) is 43.7. The molecule has 6 N–H and O–H groups in total. The number of nitrogens with zero attached hydrogens (tertiary/aromatic N) is 12. The van der Waals surface area contributed by atoms with Crippen LogP contribution in [0, 0.1) is 0 Å². The van der Waals surface area contributed by atoms with Crippen molar-refractivity contribution in [3.8, 4) is 0 Å². The molecule has 0 amide bonds. The van der Waals surface area contributed by atoms with Crippen molar-refractivity contribution in [2.75, 3.05) is 13.2 Å². The van der Waals surface area contributed by atoms with Crippen molar-refractivity contribution in [1.82, 2.24) is 0 Å². The average molecular weight is 558 g/mol.